The zero-order valence-corrected chi connectivity index (χ0v) is 15.0. The molecule has 114 valence electrons. The molecule has 0 saturated heterocycles. The molecule has 0 radical (unpaired) electrons. The molecule has 0 amide bonds. The van der Waals surface area contributed by atoms with Crippen molar-refractivity contribution in [2.24, 2.45) is 0 Å². The summed E-state index contributed by atoms with van der Waals surface area (Å²) < 4.78 is 8.35. The number of thiazole rings is 1. The summed E-state index contributed by atoms with van der Waals surface area (Å²) in [6.45, 7) is 0. The lowest BCUT2D eigenvalue weighted by molar-refractivity contribution is 0.559. The van der Waals surface area contributed by atoms with Crippen LogP contribution >= 0.6 is 39.0 Å². The van der Waals surface area contributed by atoms with E-state index in [1.54, 1.807) is 29.2 Å². The molecule has 0 fully saturated rings. The number of nitrogens with zero attached hydrogens (tertiary/aromatic N) is 1. The maximum atomic E-state index is 11.8. The second-order valence-electron chi connectivity index (χ2n) is 4.97. The molecule has 0 bridgehead atoms. The van der Waals surface area contributed by atoms with Crippen LogP contribution in [0.15, 0.2) is 66.6 Å². The van der Waals surface area contributed by atoms with Crippen LogP contribution in [0.2, 0.25) is 0 Å². The number of hydrogen-bond acceptors (Lipinski definition) is 5. The first-order chi connectivity index (χ1) is 11.2. The molecule has 0 saturated carbocycles. The van der Waals surface area contributed by atoms with Crippen LogP contribution in [0.25, 0.3) is 21.2 Å². The number of thioether (sulfide) groups is 1. The van der Waals surface area contributed by atoms with Crippen molar-refractivity contribution in [1.29, 1.82) is 0 Å². The Kier molecular flexibility index (Phi) is 3.97. The van der Waals surface area contributed by atoms with Crippen molar-refractivity contribution in [2.45, 2.75) is 10.1 Å². The maximum absolute atomic E-state index is 11.8. The summed E-state index contributed by atoms with van der Waals surface area (Å²) in [5, 5.41) is 0.960. The summed E-state index contributed by atoms with van der Waals surface area (Å²) in [6.07, 6.45) is 0. The zero-order valence-electron chi connectivity index (χ0n) is 11.8. The first-order valence-electron chi connectivity index (χ1n) is 6.90. The van der Waals surface area contributed by atoms with E-state index < -0.39 is 0 Å². The molecule has 4 aromatic rings. The van der Waals surface area contributed by atoms with Gasteiger partial charge in [-0.15, -0.1) is 11.3 Å². The van der Waals surface area contributed by atoms with Crippen LogP contribution in [0.3, 0.4) is 0 Å². The summed E-state index contributed by atoms with van der Waals surface area (Å²) in [4.78, 5) is 16.4. The summed E-state index contributed by atoms with van der Waals surface area (Å²) in [5.74, 6) is 0.684. The van der Waals surface area contributed by atoms with Crippen molar-refractivity contribution < 1.29 is 4.42 Å². The van der Waals surface area contributed by atoms with Gasteiger partial charge < -0.3 is 4.42 Å². The Morgan fingerprint density at radius 1 is 1.17 bits per heavy atom. The van der Waals surface area contributed by atoms with Crippen LogP contribution in [0.1, 0.15) is 5.56 Å². The predicted molar refractivity (Wildman–Crippen MR) is 99.4 cm³/mol. The Bertz CT molecular complexity index is 1040. The molecule has 3 nitrogen and oxygen atoms in total. The minimum Gasteiger partial charge on any atom is -0.423 e. The van der Waals surface area contributed by atoms with Gasteiger partial charge in [-0.2, -0.15) is 0 Å². The number of para-hydroxylation sites is 1. The van der Waals surface area contributed by atoms with Gasteiger partial charge in [-0.05, 0) is 35.9 Å². The molecule has 6 heteroatoms. The van der Waals surface area contributed by atoms with E-state index in [-0.39, 0.29) is 5.63 Å². The number of hydrogen-bond donors (Lipinski definition) is 0. The Hall–Kier alpha value is -1.63. The second-order valence-corrected chi connectivity index (χ2v) is 8.14. The average Bonchev–Trinajstić information content (AvgIpc) is 2.94. The van der Waals surface area contributed by atoms with Crippen molar-refractivity contribution in [3.63, 3.8) is 0 Å². The second kappa shape index (κ2) is 6.11. The van der Waals surface area contributed by atoms with Gasteiger partial charge in [0.25, 0.3) is 0 Å². The Balaban J connectivity index is 1.68. The van der Waals surface area contributed by atoms with Crippen LogP contribution < -0.4 is 5.63 Å². The van der Waals surface area contributed by atoms with Gasteiger partial charge in [0.15, 0.2) is 4.34 Å². The van der Waals surface area contributed by atoms with E-state index in [1.807, 2.05) is 36.4 Å². The molecule has 0 aliphatic carbocycles. The third-order valence-corrected chi connectivity index (χ3v) is 6.14. The van der Waals surface area contributed by atoms with Crippen molar-refractivity contribution >= 4 is 60.2 Å². The Labute approximate surface area is 148 Å². The first kappa shape index (κ1) is 14.9. The molecule has 0 N–H and O–H groups in total. The van der Waals surface area contributed by atoms with Gasteiger partial charge in [-0.1, -0.05) is 39.8 Å². The molecular formula is C17H10BrNO2S2. The van der Waals surface area contributed by atoms with E-state index in [1.165, 1.54) is 4.70 Å². The van der Waals surface area contributed by atoms with Crippen LogP contribution in [0.5, 0.6) is 0 Å². The van der Waals surface area contributed by atoms with Gasteiger partial charge in [0.2, 0.25) is 0 Å². The zero-order chi connectivity index (χ0) is 15.8. The molecule has 0 aliphatic heterocycles. The van der Waals surface area contributed by atoms with Crippen molar-refractivity contribution in [2.75, 3.05) is 0 Å². The topological polar surface area (TPSA) is 43.1 Å². The largest absolute Gasteiger partial charge is 0.423 e. The van der Waals surface area contributed by atoms with Gasteiger partial charge in [0, 0.05) is 21.7 Å². The smallest absolute Gasteiger partial charge is 0.336 e. The van der Waals surface area contributed by atoms with E-state index in [0.29, 0.717) is 11.3 Å². The van der Waals surface area contributed by atoms with Crippen molar-refractivity contribution in [1.82, 2.24) is 4.98 Å². The van der Waals surface area contributed by atoms with E-state index in [9.17, 15) is 4.79 Å². The normalized spacial score (nSPS) is 11.3. The summed E-state index contributed by atoms with van der Waals surface area (Å²) in [7, 11) is 0. The lowest BCUT2D eigenvalue weighted by Crippen LogP contribution is -1.99. The molecule has 2 aromatic carbocycles. The minimum atomic E-state index is -0.324. The molecule has 0 atom stereocenters. The highest BCUT2D eigenvalue weighted by atomic mass is 79.9. The van der Waals surface area contributed by atoms with Crippen LogP contribution in [-0.4, -0.2) is 4.98 Å². The maximum Gasteiger partial charge on any atom is 0.336 e. The summed E-state index contributed by atoms with van der Waals surface area (Å²) in [5.41, 5.74) is 2.26. The third kappa shape index (κ3) is 3.06. The standard InChI is InChI=1S/C17H10BrNO2S2/c18-11-5-6-12-10(7-16(20)21-14(12)8-11)9-22-17-19-13-3-1-2-4-15(13)23-17/h1-8H,9H2. The number of benzene rings is 2. The van der Waals surface area contributed by atoms with E-state index in [0.717, 1.165) is 25.3 Å². The van der Waals surface area contributed by atoms with Gasteiger partial charge in [0.1, 0.15) is 5.58 Å². The fourth-order valence-electron chi connectivity index (χ4n) is 2.38. The number of fused-ring (bicyclic) bond motifs is 2. The highest BCUT2D eigenvalue weighted by Crippen LogP contribution is 2.33. The molecule has 0 spiro atoms. The number of halogens is 1. The van der Waals surface area contributed by atoms with Crippen LogP contribution in [0.4, 0.5) is 0 Å². The van der Waals surface area contributed by atoms with Gasteiger partial charge in [0.05, 0.1) is 10.2 Å². The Morgan fingerprint density at radius 2 is 2.04 bits per heavy atom. The van der Waals surface area contributed by atoms with Crippen LogP contribution in [-0.2, 0) is 5.75 Å². The van der Waals surface area contributed by atoms with E-state index in [4.69, 9.17) is 4.42 Å². The molecular weight excluding hydrogens is 394 g/mol. The fourth-order valence-corrected chi connectivity index (χ4v) is 4.78. The molecule has 0 aliphatic rings. The number of rotatable bonds is 3. The lowest BCUT2D eigenvalue weighted by Gasteiger charge is -2.04. The minimum absolute atomic E-state index is 0.324. The van der Waals surface area contributed by atoms with Gasteiger partial charge in [-0.3, -0.25) is 0 Å². The monoisotopic (exact) mass is 403 g/mol. The molecule has 2 aromatic heterocycles. The molecule has 4 rings (SSSR count). The quantitative estimate of drug-likeness (QED) is 0.336. The molecule has 2 heterocycles. The average molecular weight is 404 g/mol. The predicted octanol–water partition coefficient (Wildman–Crippen LogP) is 5.46. The van der Waals surface area contributed by atoms with Crippen molar-refractivity contribution in [3.05, 3.63) is 69.0 Å². The third-order valence-electron chi connectivity index (χ3n) is 3.42. The molecule has 23 heavy (non-hydrogen) atoms. The Morgan fingerprint density at radius 3 is 2.91 bits per heavy atom. The van der Waals surface area contributed by atoms with Crippen molar-refractivity contribution in [3.8, 4) is 0 Å². The first-order valence-corrected chi connectivity index (χ1v) is 9.49. The SMILES string of the molecule is O=c1cc(CSc2nc3ccccc3s2)c2ccc(Br)cc2o1. The van der Waals surface area contributed by atoms with Crippen LogP contribution in [0, 0.1) is 0 Å². The van der Waals surface area contributed by atoms with Gasteiger partial charge >= 0.3 is 5.63 Å². The fraction of sp³-hybridized carbons (Fsp3) is 0.0588. The highest BCUT2D eigenvalue weighted by Gasteiger charge is 2.09. The van der Waals surface area contributed by atoms with E-state index >= 15 is 0 Å². The summed E-state index contributed by atoms with van der Waals surface area (Å²) >= 11 is 6.71. The highest BCUT2D eigenvalue weighted by molar-refractivity contribution is 9.10. The lowest BCUT2D eigenvalue weighted by atomic mass is 10.1. The number of aromatic nitrogens is 1. The van der Waals surface area contributed by atoms with Gasteiger partial charge in [-0.25, -0.2) is 9.78 Å². The summed E-state index contributed by atoms with van der Waals surface area (Å²) in [6, 6.07) is 15.4. The van der Waals surface area contributed by atoms with E-state index in [2.05, 4.69) is 27.0 Å². The molecule has 0 unspecified atom stereocenters.